The highest BCUT2D eigenvalue weighted by Gasteiger charge is 2.20. The van der Waals surface area contributed by atoms with Gasteiger partial charge in [0, 0.05) is 32.0 Å². The molecule has 0 saturated heterocycles. The van der Waals surface area contributed by atoms with Crippen LogP contribution in [-0.2, 0) is 0 Å². The number of fused-ring (bicyclic) bond motifs is 9. The van der Waals surface area contributed by atoms with Crippen LogP contribution in [0.3, 0.4) is 0 Å². The summed E-state index contributed by atoms with van der Waals surface area (Å²) < 4.78 is 8.94. The van der Waals surface area contributed by atoms with Gasteiger partial charge in [0.25, 0.3) is 0 Å². The van der Waals surface area contributed by atoms with E-state index in [1.165, 1.54) is 48.5 Å². The maximum absolute atomic E-state index is 6.66. The van der Waals surface area contributed by atoms with Crippen molar-refractivity contribution in [3.05, 3.63) is 194 Å². The molecule has 0 aliphatic heterocycles. The Morgan fingerprint density at radius 2 is 1.03 bits per heavy atom. The van der Waals surface area contributed by atoms with Crippen molar-refractivity contribution in [3.8, 4) is 56.0 Å². The van der Waals surface area contributed by atoms with E-state index in [1.54, 1.807) is 11.3 Å². The molecule has 58 heavy (non-hydrogen) atoms. The third-order valence-corrected chi connectivity index (χ3v) is 12.7. The first kappa shape index (κ1) is 32.8. The van der Waals surface area contributed by atoms with Gasteiger partial charge in [-0.2, -0.15) is 0 Å². The molecule has 0 saturated carbocycles. The Labute approximate surface area is 338 Å². The van der Waals surface area contributed by atoms with Gasteiger partial charge >= 0.3 is 0 Å². The molecule has 9 aromatic carbocycles. The highest BCUT2D eigenvalue weighted by Crippen LogP contribution is 2.43. The van der Waals surface area contributed by atoms with Crippen LogP contribution in [0.5, 0.6) is 0 Å². The van der Waals surface area contributed by atoms with E-state index < -0.39 is 0 Å². The Hall–Kier alpha value is -7.40. The Bertz CT molecular complexity index is 3560. The SMILES string of the molecule is c1ccc(-c2ccc(-c3nc(-c4cccc5oc6cc(-c7cccc(-c8cc9ccccc9c9ccccc89)c7)ccc6c45)nc4c3sc3ccccc34)cc2)cc1. The molecule has 0 amide bonds. The van der Waals surface area contributed by atoms with Crippen molar-refractivity contribution in [3.63, 3.8) is 0 Å². The summed E-state index contributed by atoms with van der Waals surface area (Å²) in [6.07, 6.45) is 0. The molecule has 3 nitrogen and oxygen atoms in total. The summed E-state index contributed by atoms with van der Waals surface area (Å²) in [7, 11) is 0. The predicted octanol–water partition coefficient (Wildman–Crippen LogP) is 15.4. The normalized spacial score (nSPS) is 11.8. The van der Waals surface area contributed by atoms with Gasteiger partial charge in [0.1, 0.15) is 11.2 Å². The molecule has 0 aliphatic rings. The van der Waals surface area contributed by atoms with Gasteiger partial charge in [-0.1, -0.05) is 158 Å². The second-order valence-corrected chi connectivity index (χ2v) is 15.9. The summed E-state index contributed by atoms with van der Waals surface area (Å²) in [6, 6.07) is 69.1. The topological polar surface area (TPSA) is 38.9 Å². The average Bonchev–Trinajstić information content (AvgIpc) is 3.87. The Morgan fingerprint density at radius 3 is 1.91 bits per heavy atom. The van der Waals surface area contributed by atoms with Crippen molar-refractivity contribution in [2.24, 2.45) is 0 Å². The second kappa shape index (κ2) is 13.1. The van der Waals surface area contributed by atoms with E-state index in [4.69, 9.17) is 14.4 Å². The highest BCUT2D eigenvalue weighted by atomic mass is 32.1. The van der Waals surface area contributed by atoms with E-state index >= 15 is 0 Å². The highest BCUT2D eigenvalue weighted by molar-refractivity contribution is 7.26. The minimum atomic E-state index is 0.686. The zero-order valence-corrected chi connectivity index (χ0v) is 32.0. The molecule has 270 valence electrons. The molecular formula is C54H32N2OS. The van der Waals surface area contributed by atoms with E-state index in [9.17, 15) is 0 Å². The van der Waals surface area contributed by atoms with Crippen molar-refractivity contribution >= 4 is 75.1 Å². The fourth-order valence-corrected chi connectivity index (χ4v) is 9.86. The van der Waals surface area contributed by atoms with E-state index in [0.717, 1.165) is 65.5 Å². The van der Waals surface area contributed by atoms with Gasteiger partial charge in [-0.3, -0.25) is 0 Å². The second-order valence-electron chi connectivity index (χ2n) is 14.9. The minimum absolute atomic E-state index is 0.686. The summed E-state index contributed by atoms with van der Waals surface area (Å²) in [5.41, 5.74) is 12.6. The Kier molecular flexibility index (Phi) is 7.40. The van der Waals surface area contributed by atoms with Gasteiger partial charge < -0.3 is 4.42 Å². The van der Waals surface area contributed by atoms with Crippen molar-refractivity contribution in [1.82, 2.24) is 9.97 Å². The lowest BCUT2D eigenvalue weighted by molar-refractivity contribution is 0.669. The van der Waals surface area contributed by atoms with Gasteiger partial charge in [-0.25, -0.2) is 9.97 Å². The minimum Gasteiger partial charge on any atom is -0.456 e. The Morgan fingerprint density at radius 1 is 0.379 bits per heavy atom. The molecule has 0 spiro atoms. The molecule has 12 rings (SSSR count). The summed E-state index contributed by atoms with van der Waals surface area (Å²) in [6.45, 7) is 0. The van der Waals surface area contributed by atoms with Crippen LogP contribution in [0.4, 0.5) is 0 Å². The van der Waals surface area contributed by atoms with Crippen LogP contribution in [0, 0.1) is 0 Å². The summed E-state index contributed by atoms with van der Waals surface area (Å²) in [5.74, 6) is 0.686. The van der Waals surface area contributed by atoms with Crippen LogP contribution < -0.4 is 0 Å². The molecule has 0 fully saturated rings. The first-order valence-corrected chi connectivity index (χ1v) is 20.4. The molecule has 0 unspecified atom stereocenters. The number of benzene rings is 9. The molecule has 0 aliphatic carbocycles. The van der Waals surface area contributed by atoms with Crippen molar-refractivity contribution in [2.75, 3.05) is 0 Å². The smallest absolute Gasteiger partial charge is 0.161 e. The summed E-state index contributed by atoms with van der Waals surface area (Å²) in [5, 5.41) is 8.23. The number of aromatic nitrogens is 2. The monoisotopic (exact) mass is 756 g/mol. The number of hydrogen-bond donors (Lipinski definition) is 0. The van der Waals surface area contributed by atoms with Gasteiger partial charge in [-0.15, -0.1) is 11.3 Å². The molecule has 0 bridgehead atoms. The quantitative estimate of drug-likeness (QED) is 0.164. The third kappa shape index (κ3) is 5.27. The molecule has 0 radical (unpaired) electrons. The van der Waals surface area contributed by atoms with E-state index in [-0.39, 0.29) is 0 Å². The van der Waals surface area contributed by atoms with Crippen LogP contribution in [0.2, 0.25) is 0 Å². The van der Waals surface area contributed by atoms with Gasteiger partial charge in [-0.05, 0) is 91.3 Å². The van der Waals surface area contributed by atoms with Crippen LogP contribution >= 0.6 is 11.3 Å². The molecular weight excluding hydrogens is 725 g/mol. The fraction of sp³-hybridized carbons (Fsp3) is 0. The number of hydrogen-bond acceptors (Lipinski definition) is 4. The van der Waals surface area contributed by atoms with Gasteiger partial charge in [0.15, 0.2) is 5.82 Å². The van der Waals surface area contributed by atoms with Gasteiger partial charge in [0.2, 0.25) is 0 Å². The zero-order chi connectivity index (χ0) is 38.2. The first-order chi connectivity index (χ1) is 28.7. The Balaban J connectivity index is 0.990. The summed E-state index contributed by atoms with van der Waals surface area (Å²) >= 11 is 1.75. The maximum atomic E-state index is 6.66. The van der Waals surface area contributed by atoms with E-state index in [0.29, 0.717) is 5.82 Å². The van der Waals surface area contributed by atoms with Crippen molar-refractivity contribution in [2.45, 2.75) is 0 Å². The van der Waals surface area contributed by atoms with Crippen LogP contribution in [0.15, 0.2) is 199 Å². The lowest BCUT2D eigenvalue weighted by Crippen LogP contribution is -1.94. The average molecular weight is 757 g/mol. The molecule has 0 atom stereocenters. The van der Waals surface area contributed by atoms with Gasteiger partial charge in [0.05, 0.1) is 15.9 Å². The lowest BCUT2D eigenvalue weighted by atomic mass is 9.92. The van der Waals surface area contributed by atoms with Crippen molar-refractivity contribution < 1.29 is 4.42 Å². The molecule has 4 heteroatoms. The molecule has 12 aromatic rings. The largest absolute Gasteiger partial charge is 0.456 e. The molecule has 3 heterocycles. The van der Waals surface area contributed by atoms with Crippen LogP contribution in [0.25, 0.3) is 120 Å². The fourth-order valence-electron chi connectivity index (χ4n) is 8.71. The van der Waals surface area contributed by atoms with E-state index in [1.807, 2.05) is 12.1 Å². The maximum Gasteiger partial charge on any atom is 0.161 e. The molecule has 3 aromatic heterocycles. The zero-order valence-electron chi connectivity index (χ0n) is 31.2. The first-order valence-electron chi connectivity index (χ1n) is 19.6. The lowest BCUT2D eigenvalue weighted by Gasteiger charge is -2.12. The van der Waals surface area contributed by atoms with E-state index in [2.05, 4.69) is 182 Å². The number of rotatable bonds is 5. The van der Waals surface area contributed by atoms with Crippen molar-refractivity contribution in [1.29, 1.82) is 0 Å². The third-order valence-electron chi connectivity index (χ3n) is 11.5. The number of furan rings is 1. The molecule has 0 N–H and O–H groups in total. The van der Waals surface area contributed by atoms with Crippen LogP contribution in [0.1, 0.15) is 0 Å². The predicted molar refractivity (Wildman–Crippen MR) is 244 cm³/mol. The summed E-state index contributed by atoms with van der Waals surface area (Å²) in [4.78, 5) is 10.7. The number of thiophene rings is 1. The van der Waals surface area contributed by atoms with Crippen LogP contribution in [-0.4, -0.2) is 9.97 Å². The number of nitrogens with zero attached hydrogens (tertiary/aromatic N) is 2. The standard InChI is InChI=1S/C54H32N2OS/c1-2-12-33(13-3-1)34-24-26-35(27-25-34)51-53-52(44-20-8-9-23-49(44)58-53)56-54(55-51)45-21-11-22-47-50(45)43-29-28-37(32-48(43)57-47)36-15-10-16-38(30-36)46-31-39-14-4-5-17-40(39)41-18-6-7-19-42(41)46/h1-32H.